The zero-order chi connectivity index (χ0) is 12.3. The zero-order valence-corrected chi connectivity index (χ0v) is 8.64. The molecule has 7 heteroatoms. The molecule has 0 aliphatic heterocycles. The van der Waals surface area contributed by atoms with E-state index in [1.165, 1.54) is 14.2 Å². The minimum atomic E-state index is -0.820. The highest BCUT2D eigenvalue weighted by atomic mass is 19.1. The Morgan fingerprint density at radius 3 is 2.69 bits per heavy atom. The summed E-state index contributed by atoms with van der Waals surface area (Å²) < 4.78 is 12.8. The van der Waals surface area contributed by atoms with Gasteiger partial charge in [0.15, 0.2) is 0 Å². The second kappa shape index (κ2) is 4.67. The maximum absolute atomic E-state index is 12.8. The van der Waals surface area contributed by atoms with Crippen LogP contribution in [0.4, 0.5) is 10.1 Å². The van der Waals surface area contributed by atoms with Crippen LogP contribution in [-0.2, 0) is 4.84 Å². The fourth-order valence-corrected chi connectivity index (χ4v) is 1.09. The first-order valence-corrected chi connectivity index (χ1v) is 4.23. The first kappa shape index (κ1) is 12.1. The average Bonchev–Trinajstić information content (AvgIpc) is 2.26. The number of carbonyl (C=O) groups is 1. The third-order valence-corrected chi connectivity index (χ3v) is 1.95. The zero-order valence-electron chi connectivity index (χ0n) is 8.64. The van der Waals surface area contributed by atoms with E-state index >= 15 is 0 Å². The van der Waals surface area contributed by atoms with Crippen LogP contribution in [0.15, 0.2) is 18.2 Å². The molecule has 1 rings (SSSR count). The summed E-state index contributed by atoms with van der Waals surface area (Å²) in [7, 11) is 2.54. The number of halogens is 1. The third-order valence-electron chi connectivity index (χ3n) is 1.95. The molecule has 86 valence electrons. The minimum absolute atomic E-state index is 0.226. The van der Waals surface area contributed by atoms with Crippen molar-refractivity contribution in [2.24, 2.45) is 0 Å². The lowest BCUT2D eigenvalue weighted by molar-refractivity contribution is -0.385. The van der Waals surface area contributed by atoms with E-state index in [9.17, 15) is 19.3 Å². The molecule has 0 N–H and O–H groups in total. The van der Waals surface area contributed by atoms with Gasteiger partial charge in [0.1, 0.15) is 11.4 Å². The number of nitro benzene ring substituents is 1. The highest BCUT2D eigenvalue weighted by Gasteiger charge is 2.23. The number of rotatable bonds is 3. The highest BCUT2D eigenvalue weighted by molar-refractivity contribution is 5.97. The molecule has 16 heavy (non-hydrogen) atoms. The lowest BCUT2D eigenvalue weighted by Crippen LogP contribution is -2.26. The number of hydroxylamine groups is 2. The number of hydrogen-bond acceptors (Lipinski definition) is 4. The highest BCUT2D eigenvalue weighted by Crippen LogP contribution is 2.20. The van der Waals surface area contributed by atoms with Crippen LogP contribution in [0.5, 0.6) is 0 Å². The van der Waals surface area contributed by atoms with Gasteiger partial charge in [-0.1, -0.05) is 0 Å². The average molecular weight is 228 g/mol. The van der Waals surface area contributed by atoms with Gasteiger partial charge in [-0.2, -0.15) is 0 Å². The molecule has 0 aliphatic rings. The molecule has 1 amide bonds. The summed E-state index contributed by atoms with van der Waals surface area (Å²) in [5.74, 6) is -1.49. The summed E-state index contributed by atoms with van der Waals surface area (Å²) in [5.41, 5.74) is -0.815. The Morgan fingerprint density at radius 1 is 1.56 bits per heavy atom. The van der Waals surface area contributed by atoms with E-state index in [1.807, 2.05) is 0 Å². The van der Waals surface area contributed by atoms with Crippen molar-refractivity contribution in [3.05, 3.63) is 39.7 Å². The van der Waals surface area contributed by atoms with Gasteiger partial charge in [-0.05, 0) is 12.1 Å². The van der Waals surface area contributed by atoms with Crippen molar-refractivity contribution in [3.63, 3.8) is 0 Å². The molecule has 0 spiro atoms. The van der Waals surface area contributed by atoms with Crippen molar-refractivity contribution in [2.45, 2.75) is 0 Å². The van der Waals surface area contributed by atoms with Gasteiger partial charge in [0, 0.05) is 7.05 Å². The van der Waals surface area contributed by atoms with E-state index in [0.717, 1.165) is 17.2 Å². The largest absolute Gasteiger partial charge is 0.285 e. The molecule has 0 unspecified atom stereocenters. The van der Waals surface area contributed by atoms with Crippen molar-refractivity contribution in [3.8, 4) is 0 Å². The summed E-state index contributed by atoms with van der Waals surface area (Å²) in [6, 6.07) is 2.71. The predicted molar refractivity (Wildman–Crippen MR) is 52.2 cm³/mol. The summed E-state index contributed by atoms with van der Waals surface area (Å²) >= 11 is 0. The first-order valence-electron chi connectivity index (χ1n) is 4.23. The molecule has 0 heterocycles. The SMILES string of the molecule is CON(C)C(=O)c1ccc(F)cc1[N+](=O)[O-]. The van der Waals surface area contributed by atoms with Gasteiger partial charge in [-0.15, -0.1) is 0 Å². The van der Waals surface area contributed by atoms with Crippen LogP contribution in [-0.4, -0.2) is 30.1 Å². The smallest absolute Gasteiger partial charge is 0.274 e. The second-order valence-corrected chi connectivity index (χ2v) is 2.90. The molecular formula is C9H9FN2O4. The van der Waals surface area contributed by atoms with Gasteiger partial charge in [0.25, 0.3) is 11.6 Å². The Bertz CT molecular complexity index is 436. The van der Waals surface area contributed by atoms with Crippen LogP contribution in [0, 0.1) is 15.9 Å². The minimum Gasteiger partial charge on any atom is -0.274 e. The fourth-order valence-electron chi connectivity index (χ4n) is 1.09. The lowest BCUT2D eigenvalue weighted by atomic mass is 10.1. The summed E-state index contributed by atoms with van der Waals surface area (Å²) in [4.78, 5) is 26.0. The molecule has 0 aliphatic carbocycles. The van der Waals surface area contributed by atoms with Crippen molar-refractivity contribution in [1.82, 2.24) is 5.06 Å². The van der Waals surface area contributed by atoms with Crippen LogP contribution in [0.2, 0.25) is 0 Å². The standard InChI is InChI=1S/C9H9FN2O4/c1-11(16-2)9(13)7-4-3-6(10)5-8(7)12(14)15/h3-5H,1-2H3. The van der Waals surface area contributed by atoms with Gasteiger partial charge < -0.3 is 0 Å². The van der Waals surface area contributed by atoms with Gasteiger partial charge >= 0.3 is 0 Å². The summed E-state index contributed by atoms with van der Waals surface area (Å²) in [6.07, 6.45) is 0. The molecule has 1 aromatic carbocycles. The summed E-state index contributed by atoms with van der Waals surface area (Å²) in [5, 5.41) is 11.4. The van der Waals surface area contributed by atoms with E-state index in [0.29, 0.717) is 6.07 Å². The van der Waals surface area contributed by atoms with Crippen molar-refractivity contribution >= 4 is 11.6 Å². The van der Waals surface area contributed by atoms with E-state index in [4.69, 9.17) is 0 Å². The van der Waals surface area contributed by atoms with Gasteiger partial charge in [0.05, 0.1) is 18.1 Å². The predicted octanol–water partition coefficient (Wildman–Crippen LogP) is 1.37. The quantitative estimate of drug-likeness (QED) is 0.578. The molecular weight excluding hydrogens is 219 g/mol. The van der Waals surface area contributed by atoms with Crippen molar-refractivity contribution < 1.29 is 18.9 Å². The molecule has 0 aromatic heterocycles. The van der Waals surface area contributed by atoms with E-state index in [2.05, 4.69) is 4.84 Å². The van der Waals surface area contributed by atoms with Crippen molar-refractivity contribution in [2.75, 3.05) is 14.2 Å². The van der Waals surface area contributed by atoms with Gasteiger partial charge in [0.2, 0.25) is 0 Å². The van der Waals surface area contributed by atoms with Crippen LogP contribution in [0.25, 0.3) is 0 Å². The Morgan fingerprint density at radius 2 is 2.19 bits per heavy atom. The first-order chi connectivity index (χ1) is 7.47. The molecule has 6 nitrogen and oxygen atoms in total. The normalized spacial score (nSPS) is 9.94. The maximum Gasteiger partial charge on any atom is 0.285 e. The molecule has 0 radical (unpaired) electrons. The number of carbonyl (C=O) groups excluding carboxylic acids is 1. The second-order valence-electron chi connectivity index (χ2n) is 2.90. The van der Waals surface area contributed by atoms with Crippen LogP contribution in [0.3, 0.4) is 0 Å². The number of nitro groups is 1. The monoisotopic (exact) mass is 228 g/mol. The summed E-state index contributed by atoms with van der Waals surface area (Å²) in [6.45, 7) is 0. The third kappa shape index (κ3) is 2.31. The van der Waals surface area contributed by atoms with E-state index in [1.54, 1.807) is 0 Å². The lowest BCUT2D eigenvalue weighted by Gasteiger charge is -2.13. The molecule has 0 saturated heterocycles. The molecule has 0 atom stereocenters. The molecule has 1 aromatic rings. The topological polar surface area (TPSA) is 72.7 Å². The number of benzene rings is 1. The molecule has 0 fully saturated rings. The fraction of sp³-hybridized carbons (Fsp3) is 0.222. The van der Waals surface area contributed by atoms with E-state index < -0.39 is 22.3 Å². The van der Waals surface area contributed by atoms with Crippen LogP contribution in [0.1, 0.15) is 10.4 Å². The number of nitrogens with zero attached hydrogens (tertiary/aromatic N) is 2. The van der Waals surface area contributed by atoms with Crippen LogP contribution < -0.4 is 0 Å². The van der Waals surface area contributed by atoms with E-state index in [-0.39, 0.29) is 5.56 Å². The Balaban J connectivity index is 3.23. The Labute approximate surface area is 90.3 Å². The van der Waals surface area contributed by atoms with Gasteiger partial charge in [-0.25, -0.2) is 9.45 Å². The molecule has 0 saturated carbocycles. The number of hydrogen-bond donors (Lipinski definition) is 0. The van der Waals surface area contributed by atoms with Gasteiger partial charge in [-0.3, -0.25) is 19.7 Å². The van der Waals surface area contributed by atoms with Crippen molar-refractivity contribution in [1.29, 1.82) is 0 Å². The molecule has 0 bridgehead atoms. The van der Waals surface area contributed by atoms with Crippen LogP contribution >= 0.6 is 0 Å². The number of amides is 1. The Hall–Kier alpha value is -2.02. The Kier molecular flexibility index (Phi) is 3.51. The maximum atomic E-state index is 12.8.